The molecule has 1 fully saturated rings. The summed E-state index contributed by atoms with van der Waals surface area (Å²) in [5.74, 6) is -0.768. The van der Waals surface area contributed by atoms with E-state index >= 15 is 4.39 Å². The van der Waals surface area contributed by atoms with Crippen LogP contribution in [0, 0.1) is 6.92 Å². The molecule has 4 atom stereocenters. The number of H-pyrrole nitrogens is 1. The van der Waals surface area contributed by atoms with Crippen LogP contribution in [0.1, 0.15) is 22.0 Å². The molecule has 1 saturated heterocycles. The smallest absolute Gasteiger partial charge is 0.338 e. The van der Waals surface area contributed by atoms with Gasteiger partial charge in [0.15, 0.2) is 12.3 Å². The second kappa shape index (κ2) is 7.85. The SMILES string of the molecule is Cc1cn(C2COC(CO)[C@@H](OC(=O)c3ccccc3)[C@H]2F)c(=O)[nH]c1=O. The fourth-order valence-electron chi connectivity index (χ4n) is 2.96. The van der Waals surface area contributed by atoms with Crippen LogP contribution in [0.5, 0.6) is 0 Å². The first kappa shape index (κ1) is 19.0. The van der Waals surface area contributed by atoms with Gasteiger partial charge in [0.05, 0.1) is 24.8 Å². The number of esters is 1. The highest BCUT2D eigenvalue weighted by atomic mass is 19.1. The molecule has 2 unspecified atom stereocenters. The largest absolute Gasteiger partial charge is 0.453 e. The summed E-state index contributed by atoms with van der Waals surface area (Å²) >= 11 is 0. The molecule has 9 heteroatoms. The van der Waals surface area contributed by atoms with E-state index in [0.717, 1.165) is 4.57 Å². The van der Waals surface area contributed by atoms with Crippen molar-refractivity contribution in [1.82, 2.24) is 9.55 Å². The summed E-state index contributed by atoms with van der Waals surface area (Å²) in [5.41, 5.74) is -0.911. The van der Waals surface area contributed by atoms with Crippen molar-refractivity contribution in [3.8, 4) is 0 Å². The highest BCUT2D eigenvalue weighted by Gasteiger charge is 2.44. The average Bonchev–Trinajstić information content (AvgIpc) is 2.67. The number of benzene rings is 1. The Morgan fingerprint density at radius 1 is 1.37 bits per heavy atom. The van der Waals surface area contributed by atoms with Gasteiger partial charge in [-0.05, 0) is 19.1 Å². The molecule has 0 bridgehead atoms. The molecule has 0 radical (unpaired) electrons. The van der Waals surface area contributed by atoms with E-state index in [4.69, 9.17) is 9.47 Å². The number of alkyl halides is 1. The number of hydrogen-bond donors (Lipinski definition) is 2. The molecule has 0 saturated carbocycles. The van der Waals surface area contributed by atoms with Crippen LogP contribution in [0.2, 0.25) is 0 Å². The molecule has 8 nitrogen and oxygen atoms in total. The van der Waals surface area contributed by atoms with E-state index in [0.29, 0.717) is 0 Å². The average molecular weight is 378 g/mol. The monoisotopic (exact) mass is 378 g/mol. The summed E-state index contributed by atoms with van der Waals surface area (Å²) in [7, 11) is 0. The molecule has 2 heterocycles. The lowest BCUT2D eigenvalue weighted by Gasteiger charge is -2.38. The second-order valence-corrected chi connectivity index (χ2v) is 6.28. The van der Waals surface area contributed by atoms with E-state index in [9.17, 15) is 19.5 Å². The van der Waals surface area contributed by atoms with Gasteiger partial charge in [-0.25, -0.2) is 14.0 Å². The third-order valence-electron chi connectivity index (χ3n) is 4.46. The van der Waals surface area contributed by atoms with Crippen LogP contribution in [0.3, 0.4) is 0 Å². The maximum Gasteiger partial charge on any atom is 0.338 e. The fraction of sp³-hybridized carbons (Fsp3) is 0.389. The van der Waals surface area contributed by atoms with Crippen LogP contribution in [-0.2, 0) is 9.47 Å². The van der Waals surface area contributed by atoms with Gasteiger partial charge >= 0.3 is 11.7 Å². The zero-order valence-electron chi connectivity index (χ0n) is 14.5. The highest BCUT2D eigenvalue weighted by Crippen LogP contribution is 2.29. The van der Waals surface area contributed by atoms with Gasteiger partial charge < -0.3 is 14.6 Å². The van der Waals surface area contributed by atoms with E-state index < -0.39 is 48.2 Å². The van der Waals surface area contributed by atoms with E-state index in [2.05, 4.69) is 4.98 Å². The van der Waals surface area contributed by atoms with Crippen molar-refractivity contribution in [1.29, 1.82) is 0 Å². The van der Waals surface area contributed by atoms with E-state index in [1.54, 1.807) is 18.2 Å². The molecular formula is C18H19FN2O6. The summed E-state index contributed by atoms with van der Waals surface area (Å²) in [6.45, 7) is 0.700. The van der Waals surface area contributed by atoms with E-state index in [-0.39, 0.29) is 17.7 Å². The van der Waals surface area contributed by atoms with Crippen molar-refractivity contribution in [2.45, 2.75) is 31.3 Å². The number of aliphatic hydroxyl groups is 1. The summed E-state index contributed by atoms with van der Waals surface area (Å²) in [5, 5.41) is 9.46. The van der Waals surface area contributed by atoms with Gasteiger partial charge in [0.2, 0.25) is 0 Å². The number of hydrogen-bond acceptors (Lipinski definition) is 6. The van der Waals surface area contributed by atoms with Crippen molar-refractivity contribution in [3.05, 3.63) is 68.5 Å². The Morgan fingerprint density at radius 2 is 2.07 bits per heavy atom. The number of nitrogens with one attached hydrogen (secondary N) is 1. The normalized spacial score (nSPS) is 25.1. The van der Waals surface area contributed by atoms with Crippen molar-refractivity contribution >= 4 is 5.97 Å². The van der Waals surface area contributed by atoms with Crippen molar-refractivity contribution in [3.63, 3.8) is 0 Å². The molecule has 0 spiro atoms. The Labute approximate surface area is 153 Å². The Kier molecular flexibility index (Phi) is 5.52. The first-order valence-electron chi connectivity index (χ1n) is 8.37. The summed E-state index contributed by atoms with van der Waals surface area (Å²) in [6, 6.07) is 6.90. The van der Waals surface area contributed by atoms with E-state index in [1.165, 1.54) is 25.3 Å². The Morgan fingerprint density at radius 3 is 2.74 bits per heavy atom. The number of nitrogens with zero attached hydrogens (tertiary/aromatic N) is 1. The van der Waals surface area contributed by atoms with Crippen molar-refractivity contribution in [2.24, 2.45) is 0 Å². The molecule has 3 rings (SSSR count). The van der Waals surface area contributed by atoms with Crippen molar-refractivity contribution < 1.29 is 23.8 Å². The number of aromatic nitrogens is 2. The standard InChI is InChI=1S/C18H19FN2O6/c1-10-7-21(18(25)20-16(10)23)12-9-26-13(8-22)15(14(12)19)27-17(24)11-5-3-2-4-6-11/h2-7,12-15,22H,8-9H2,1H3,(H,20,23,25)/t12?,13?,14-,15+/m0/s1. The maximum absolute atomic E-state index is 15.2. The molecule has 1 aliphatic heterocycles. The minimum Gasteiger partial charge on any atom is -0.453 e. The van der Waals surface area contributed by atoms with Gasteiger partial charge in [0.1, 0.15) is 6.10 Å². The zero-order valence-corrected chi connectivity index (χ0v) is 14.5. The van der Waals surface area contributed by atoms with Crippen molar-refractivity contribution in [2.75, 3.05) is 13.2 Å². The summed E-state index contributed by atoms with van der Waals surface area (Å²) in [4.78, 5) is 38.0. The minimum atomic E-state index is -1.83. The first-order chi connectivity index (χ1) is 12.9. The molecule has 0 amide bonds. The van der Waals surface area contributed by atoms with Gasteiger partial charge in [0, 0.05) is 11.8 Å². The Hall–Kier alpha value is -2.78. The zero-order chi connectivity index (χ0) is 19.6. The highest BCUT2D eigenvalue weighted by molar-refractivity contribution is 5.89. The number of aromatic amines is 1. The summed E-state index contributed by atoms with van der Waals surface area (Å²) in [6.07, 6.45) is -3.08. The van der Waals surface area contributed by atoms with Gasteiger partial charge in [-0.15, -0.1) is 0 Å². The molecule has 144 valence electrons. The third kappa shape index (κ3) is 3.83. The van der Waals surface area contributed by atoms with Crippen LogP contribution in [0.4, 0.5) is 4.39 Å². The maximum atomic E-state index is 15.2. The summed E-state index contributed by atoms with van der Waals surface area (Å²) < 4.78 is 26.9. The number of carbonyl (C=O) groups is 1. The molecule has 2 aromatic rings. The molecule has 1 aliphatic rings. The van der Waals surface area contributed by atoms with Gasteiger partial charge in [-0.1, -0.05) is 18.2 Å². The van der Waals surface area contributed by atoms with Crippen LogP contribution in [0.15, 0.2) is 46.1 Å². The predicted octanol–water partition coefficient (Wildman–Crippen LogP) is 0.341. The lowest BCUT2D eigenvalue weighted by molar-refractivity contribution is -0.152. The molecule has 0 aliphatic carbocycles. The van der Waals surface area contributed by atoms with Crippen LogP contribution in [-0.4, -0.2) is 52.2 Å². The molecule has 2 N–H and O–H groups in total. The third-order valence-corrected chi connectivity index (χ3v) is 4.46. The fourth-order valence-corrected chi connectivity index (χ4v) is 2.96. The van der Waals surface area contributed by atoms with Crippen LogP contribution < -0.4 is 11.2 Å². The Bertz CT molecular complexity index is 925. The quantitative estimate of drug-likeness (QED) is 0.743. The number of aryl methyl sites for hydroxylation is 1. The Balaban J connectivity index is 1.88. The van der Waals surface area contributed by atoms with Gasteiger partial charge in [-0.3, -0.25) is 14.3 Å². The molecule has 1 aromatic carbocycles. The van der Waals surface area contributed by atoms with Crippen LogP contribution >= 0.6 is 0 Å². The second-order valence-electron chi connectivity index (χ2n) is 6.28. The lowest BCUT2D eigenvalue weighted by atomic mass is 9.99. The minimum absolute atomic E-state index is 0.223. The molecule has 27 heavy (non-hydrogen) atoms. The number of ether oxygens (including phenoxy) is 2. The number of carbonyl (C=O) groups excluding carboxylic acids is 1. The topological polar surface area (TPSA) is 111 Å². The number of halogens is 1. The number of aliphatic hydroxyl groups excluding tert-OH is 1. The molecule has 1 aromatic heterocycles. The molecular weight excluding hydrogens is 359 g/mol. The lowest BCUT2D eigenvalue weighted by Crippen LogP contribution is -2.54. The predicted molar refractivity (Wildman–Crippen MR) is 92.5 cm³/mol. The van der Waals surface area contributed by atoms with E-state index in [1.807, 2.05) is 0 Å². The first-order valence-corrected chi connectivity index (χ1v) is 8.37. The van der Waals surface area contributed by atoms with Crippen LogP contribution in [0.25, 0.3) is 0 Å². The van der Waals surface area contributed by atoms with Gasteiger partial charge in [-0.2, -0.15) is 0 Å². The van der Waals surface area contributed by atoms with Gasteiger partial charge in [0.25, 0.3) is 5.56 Å². The number of rotatable bonds is 4.